The highest BCUT2D eigenvalue weighted by atomic mass is 32.1. The van der Waals surface area contributed by atoms with Gasteiger partial charge in [-0.1, -0.05) is 0 Å². The van der Waals surface area contributed by atoms with Gasteiger partial charge < -0.3 is 15.4 Å². The molecule has 204 valence electrons. The minimum atomic E-state index is -4.61. The number of halogens is 5. The number of carbonyl (C=O) groups is 1. The van der Waals surface area contributed by atoms with Crippen LogP contribution in [0.4, 0.5) is 38.5 Å². The molecule has 1 unspecified atom stereocenters. The molecule has 9 nitrogen and oxygen atoms in total. The molecule has 0 aliphatic carbocycles. The van der Waals surface area contributed by atoms with Gasteiger partial charge in [-0.05, 0) is 43.9 Å². The predicted molar refractivity (Wildman–Crippen MR) is 130 cm³/mol. The number of alkyl halides is 5. The summed E-state index contributed by atoms with van der Waals surface area (Å²) in [5, 5.41) is 5.77. The Bertz CT molecular complexity index is 1220. The van der Waals surface area contributed by atoms with Crippen molar-refractivity contribution in [3.63, 3.8) is 0 Å². The number of likely N-dealkylation sites (tertiary alicyclic amines) is 1. The summed E-state index contributed by atoms with van der Waals surface area (Å²) >= 11 is 0.953. The van der Waals surface area contributed by atoms with Crippen LogP contribution in [0.1, 0.15) is 34.6 Å². The van der Waals surface area contributed by atoms with Crippen molar-refractivity contribution in [3.8, 4) is 5.88 Å². The van der Waals surface area contributed by atoms with Crippen LogP contribution in [0.25, 0.3) is 0 Å². The van der Waals surface area contributed by atoms with Crippen molar-refractivity contribution in [2.45, 2.75) is 32.4 Å². The number of nitrogens with one attached hydrogen (secondary N) is 2. The smallest absolute Gasteiger partial charge is 0.434 e. The Morgan fingerprint density at radius 2 is 2.03 bits per heavy atom. The fourth-order valence-electron chi connectivity index (χ4n) is 3.96. The van der Waals surface area contributed by atoms with Gasteiger partial charge in [-0.2, -0.15) is 17.5 Å². The first-order valence-corrected chi connectivity index (χ1v) is 12.4. The Labute approximate surface area is 218 Å². The van der Waals surface area contributed by atoms with Crippen LogP contribution in [0.3, 0.4) is 0 Å². The predicted octanol–water partition coefficient (Wildman–Crippen LogP) is 5.01. The lowest BCUT2D eigenvalue weighted by Gasteiger charge is -2.32. The summed E-state index contributed by atoms with van der Waals surface area (Å²) in [5.74, 6) is -0.0202. The van der Waals surface area contributed by atoms with Gasteiger partial charge in [0.05, 0.1) is 48.7 Å². The highest BCUT2D eigenvalue weighted by Crippen LogP contribution is 2.30. The number of hydrogen-bond acceptors (Lipinski definition) is 9. The molecule has 3 aromatic heterocycles. The zero-order valence-corrected chi connectivity index (χ0v) is 21.0. The molecule has 15 heteroatoms. The van der Waals surface area contributed by atoms with E-state index in [9.17, 15) is 26.7 Å². The van der Waals surface area contributed by atoms with E-state index in [1.165, 1.54) is 6.20 Å². The van der Waals surface area contributed by atoms with Crippen molar-refractivity contribution in [1.29, 1.82) is 0 Å². The fraction of sp³-hybridized carbons (Fsp3) is 0.435. The summed E-state index contributed by atoms with van der Waals surface area (Å²) in [6.45, 7) is 2.93. The van der Waals surface area contributed by atoms with E-state index in [-0.39, 0.29) is 28.8 Å². The molecule has 3 aromatic rings. The zero-order chi connectivity index (χ0) is 27.3. The van der Waals surface area contributed by atoms with Crippen LogP contribution in [-0.4, -0.2) is 62.8 Å². The lowest BCUT2D eigenvalue weighted by molar-refractivity contribution is -0.141. The number of aryl methyl sites for hydroxylation is 1. The van der Waals surface area contributed by atoms with Crippen molar-refractivity contribution in [2.24, 2.45) is 5.92 Å². The molecule has 1 fully saturated rings. The minimum absolute atomic E-state index is 0.0224. The number of hydrogen-bond donors (Lipinski definition) is 2. The van der Waals surface area contributed by atoms with E-state index in [1.807, 2.05) is 0 Å². The van der Waals surface area contributed by atoms with Crippen LogP contribution in [0, 0.1) is 12.8 Å². The maximum Gasteiger partial charge on any atom is 0.434 e. The maximum absolute atomic E-state index is 12.9. The summed E-state index contributed by atoms with van der Waals surface area (Å²) < 4.78 is 73.3. The summed E-state index contributed by atoms with van der Waals surface area (Å²) in [6.07, 6.45) is -2.32. The number of amides is 1. The van der Waals surface area contributed by atoms with Crippen LogP contribution in [0.2, 0.25) is 0 Å². The Balaban J connectivity index is 1.33. The molecule has 2 N–H and O–H groups in total. The van der Waals surface area contributed by atoms with Crippen LogP contribution in [-0.2, 0) is 6.18 Å². The Kier molecular flexibility index (Phi) is 8.66. The van der Waals surface area contributed by atoms with Gasteiger partial charge in [0.2, 0.25) is 5.88 Å². The van der Waals surface area contributed by atoms with E-state index in [0.29, 0.717) is 43.2 Å². The molecule has 1 amide bonds. The summed E-state index contributed by atoms with van der Waals surface area (Å²) in [4.78, 5) is 25.9. The molecule has 0 bridgehead atoms. The van der Waals surface area contributed by atoms with Crippen LogP contribution in [0.15, 0.2) is 30.7 Å². The van der Waals surface area contributed by atoms with Crippen molar-refractivity contribution in [3.05, 3.63) is 47.7 Å². The number of ether oxygens (including phenoxy) is 1. The SMILES string of the molecule is Cc1nsc(Nc2cnc(C(F)(F)F)cn2)c1C(=O)Nc1ccc(OCC2CCCN(CC(F)F)C2)nc1. The topological polar surface area (TPSA) is 105 Å². The van der Waals surface area contributed by atoms with Crippen molar-refractivity contribution < 1.29 is 31.5 Å². The quantitative estimate of drug-likeness (QED) is 0.354. The molecule has 0 radical (unpaired) electrons. The molecule has 0 saturated carbocycles. The molecule has 1 aliphatic rings. The number of rotatable bonds is 9. The van der Waals surface area contributed by atoms with Crippen LogP contribution < -0.4 is 15.4 Å². The summed E-state index contributed by atoms with van der Waals surface area (Å²) in [5.41, 5.74) is -0.137. The molecule has 38 heavy (non-hydrogen) atoms. The van der Waals surface area contributed by atoms with Crippen molar-refractivity contribution in [1.82, 2.24) is 24.2 Å². The second kappa shape index (κ2) is 11.9. The van der Waals surface area contributed by atoms with Crippen LogP contribution >= 0.6 is 11.5 Å². The molecule has 0 aromatic carbocycles. The Morgan fingerprint density at radius 3 is 2.68 bits per heavy atom. The fourth-order valence-corrected chi connectivity index (χ4v) is 4.76. The zero-order valence-electron chi connectivity index (χ0n) is 20.1. The third kappa shape index (κ3) is 7.31. The summed E-state index contributed by atoms with van der Waals surface area (Å²) in [6, 6.07) is 3.19. The van der Waals surface area contributed by atoms with Gasteiger partial charge in [0, 0.05) is 18.5 Å². The van der Waals surface area contributed by atoms with Gasteiger partial charge in [-0.15, -0.1) is 0 Å². The first-order chi connectivity index (χ1) is 18.1. The molecule has 0 spiro atoms. The number of nitrogens with zero attached hydrogens (tertiary/aromatic N) is 5. The lowest BCUT2D eigenvalue weighted by atomic mass is 9.99. The highest BCUT2D eigenvalue weighted by Gasteiger charge is 2.33. The van der Waals surface area contributed by atoms with Gasteiger partial charge in [-0.25, -0.2) is 23.7 Å². The van der Waals surface area contributed by atoms with E-state index in [0.717, 1.165) is 30.6 Å². The number of aromatic nitrogens is 4. The Morgan fingerprint density at radius 1 is 1.21 bits per heavy atom. The number of pyridine rings is 1. The molecular weight excluding hydrogens is 533 g/mol. The average Bonchev–Trinajstić information content (AvgIpc) is 3.23. The van der Waals surface area contributed by atoms with E-state index >= 15 is 0 Å². The molecule has 1 saturated heterocycles. The van der Waals surface area contributed by atoms with Crippen molar-refractivity contribution >= 4 is 33.9 Å². The first kappa shape index (κ1) is 27.6. The highest BCUT2D eigenvalue weighted by molar-refractivity contribution is 7.10. The van der Waals surface area contributed by atoms with E-state index in [2.05, 4.69) is 30.0 Å². The standard InChI is InChI=1S/C23H24F5N7O2S/c1-13-20(22(38-34-13)33-18-9-29-16(8-30-18)23(26,27)28)21(36)32-15-4-5-19(31-7-15)37-12-14-3-2-6-35(10-14)11-17(24)25/h4-5,7-9,14,17H,2-3,6,10-12H2,1H3,(H,30,33)(H,32,36). The third-order valence-corrected chi connectivity index (χ3v) is 6.59. The van der Waals surface area contributed by atoms with E-state index in [1.54, 1.807) is 24.0 Å². The normalized spacial score (nSPS) is 16.4. The monoisotopic (exact) mass is 557 g/mol. The van der Waals surface area contributed by atoms with Gasteiger partial charge in [0.25, 0.3) is 12.3 Å². The summed E-state index contributed by atoms with van der Waals surface area (Å²) in [7, 11) is 0. The average molecular weight is 558 g/mol. The van der Waals surface area contributed by atoms with Crippen molar-refractivity contribution in [2.75, 3.05) is 36.9 Å². The molecule has 1 aliphatic heterocycles. The third-order valence-electron chi connectivity index (χ3n) is 5.73. The molecular formula is C23H24F5N7O2S. The minimum Gasteiger partial charge on any atom is -0.477 e. The second-order valence-corrected chi connectivity index (χ2v) is 9.46. The number of piperidine rings is 1. The second-order valence-electron chi connectivity index (χ2n) is 8.69. The molecule has 4 heterocycles. The van der Waals surface area contributed by atoms with E-state index < -0.39 is 24.2 Å². The van der Waals surface area contributed by atoms with Gasteiger partial charge in [0.15, 0.2) is 5.69 Å². The largest absolute Gasteiger partial charge is 0.477 e. The Hall–Kier alpha value is -3.46. The van der Waals surface area contributed by atoms with Gasteiger partial charge >= 0.3 is 6.18 Å². The molecule has 4 rings (SSSR count). The molecule has 1 atom stereocenters. The number of anilines is 3. The van der Waals surface area contributed by atoms with Crippen LogP contribution in [0.5, 0.6) is 5.88 Å². The number of carbonyl (C=O) groups excluding carboxylic acids is 1. The van der Waals surface area contributed by atoms with Gasteiger partial charge in [-0.3, -0.25) is 9.69 Å². The van der Waals surface area contributed by atoms with Gasteiger partial charge in [0.1, 0.15) is 10.8 Å². The van der Waals surface area contributed by atoms with E-state index in [4.69, 9.17) is 4.74 Å². The lowest BCUT2D eigenvalue weighted by Crippen LogP contribution is -2.40. The maximum atomic E-state index is 12.9. The first-order valence-electron chi connectivity index (χ1n) is 11.6.